The fraction of sp³-hybridized carbons (Fsp3) is 0.440. The van der Waals surface area contributed by atoms with Gasteiger partial charge in [-0.05, 0) is 56.9 Å². The molecule has 0 radical (unpaired) electrons. The van der Waals surface area contributed by atoms with Crippen molar-refractivity contribution in [3.8, 4) is 0 Å². The van der Waals surface area contributed by atoms with Gasteiger partial charge in [0.15, 0.2) is 0 Å². The monoisotopic (exact) mass is 471 g/mol. The molecule has 2 aromatic carbocycles. The van der Waals surface area contributed by atoms with E-state index in [1.54, 1.807) is 24.3 Å². The van der Waals surface area contributed by atoms with Gasteiger partial charge in [-0.25, -0.2) is 8.42 Å². The van der Waals surface area contributed by atoms with E-state index in [1.165, 1.54) is 6.42 Å². The lowest BCUT2D eigenvalue weighted by Crippen LogP contribution is -2.39. The number of aryl methyl sites for hydroxylation is 3. The molecular formula is C25H33N3O4S. The van der Waals surface area contributed by atoms with Crippen molar-refractivity contribution < 1.29 is 18.0 Å². The average molecular weight is 472 g/mol. The number of anilines is 2. The summed E-state index contributed by atoms with van der Waals surface area (Å²) in [5, 5.41) is 5.81. The zero-order chi connectivity index (χ0) is 24.2. The number of amides is 2. The number of para-hydroxylation sites is 1. The second kappa shape index (κ2) is 10.4. The maximum atomic E-state index is 12.9. The molecule has 0 aliphatic heterocycles. The van der Waals surface area contributed by atoms with Crippen LogP contribution in [0.5, 0.6) is 0 Å². The van der Waals surface area contributed by atoms with Crippen molar-refractivity contribution in [3.05, 3.63) is 58.7 Å². The Balaban J connectivity index is 1.80. The number of hydrogen-bond donors (Lipinski definition) is 2. The number of nitrogens with zero attached hydrogens (tertiary/aromatic N) is 1. The number of carbonyl (C=O) groups is 2. The number of rotatable bonds is 7. The van der Waals surface area contributed by atoms with Crippen molar-refractivity contribution in [3.63, 3.8) is 0 Å². The summed E-state index contributed by atoms with van der Waals surface area (Å²) in [6.45, 7) is 5.21. The van der Waals surface area contributed by atoms with E-state index >= 15 is 0 Å². The summed E-state index contributed by atoms with van der Waals surface area (Å²) in [7, 11) is -3.72. The van der Waals surface area contributed by atoms with Gasteiger partial charge in [-0.15, -0.1) is 0 Å². The van der Waals surface area contributed by atoms with Crippen molar-refractivity contribution in [2.75, 3.05) is 22.4 Å². The molecule has 0 atom stereocenters. The molecule has 33 heavy (non-hydrogen) atoms. The SMILES string of the molecule is Cc1cc(C)c(N(CC(=O)Nc2ccccc2C(=O)NC2CCCCC2)S(C)(=O)=O)c(C)c1. The summed E-state index contributed by atoms with van der Waals surface area (Å²) < 4.78 is 26.3. The number of nitrogens with one attached hydrogen (secondary N) is 2. The molecule has 0 heterocycles. The average Bonchev–Trinajstić information content (AvgIpc) is 2.72. The predicted octanol–water partition coefficient (Wildman–Crippen LogP) is 4.08. The molecule has 0 aromatic heterocycles. The van der Waals surface area contributed by atoms with Gasteiger partial charge in [0.2, 0.25) is 15.9 Å². The summed E-state index contributed by atoms with van der Waals surface area (Å²) in [4.78, 5) is 25.8. The maximum absolute atomic E-state index is 12.9. The molecule has 8 heteroatoms. The molecule has 1 saturated carbocycles. The standard InChI is InChI=1S/C25H33N3O4S/c1-17-14-18(2)24(19(3)15-17)28(33(4,31)32)16-23(29)27-22-13-9-8-12-21(22)25(30)26-20-10-6-5-7-11-20/h8-9,12-15,20H,5-7,10-11,16H2,1-4H3,(H,26,30)(H,27,29). The minimum absolute atomic E-state index is 0.142. The largest absolute Gasteiger partial charge is 0.349 e. The summed E-state index contributed by atoms with van der Waals surface area (Å²) in [6.07, 6.45) is 6.39. The lowest BCUT2D eigenvalue weighted by molar-refractivity contribution is -0.114. The summed E-state index contributed by atoms with van der Waals surface area (Å²) in [6, 6.07) is 10.7. The van der Waals surface area contributed by atoms with Gasteiger partial charge in [0.25, 0.3) is 5.91 Å². The van der Waals surface area contributed by atoms with E-state index in [4.69, 9.17) is 0 Å². The fourth-order valence-corrected chi connectivity index (χ4v) is 5.52. The van der Waals surface area contributed by atoms with E-state index in [9.17, 15) is 18.0 Å². The smallest absolute Gasteiger partial charge is 0.253 e. The normalized spacial score (nSPS) is 14.5. The van der Waals surface area contributed by atoms with Crippen LogP contribution in [0.1, 0.15) is 59.2 Å². The van der Waals surface area contributed by atoms with Gasteiger partial charge in [-0.2, -0.15) is 0 Å². The third-order valence-electron chi connectivity index (χ3n) is 5.96. The molecule has 0 bridgehead atoms. The highest BCUT2D eigenvalue weighted by Crippen LogP contribution is 2.28. The first-order valence-corrected chi connectivity index (χ1v) is 13.2. The molecule has 178 valence electrons. The van der Waals surface area contributed by atoms with Crippen LogP contribution in [0.2, 0.25) is 0 Å². The van der Waals surface area contributed by atoms with Gasteiger partial charge in [-0.3, -0.25) is 13.9 Å². The summed E-state index contributed by atoms with van der Waals surface area (Å²) in [5.74, 6) is -0.749. The third-order valence-corrected chi connectivity index (χ3v) is 7.07. The Kier molecular flexibility index (Phi) is 7.79. The highest BCUT2D eigenvalue weighted by molar-refractivity contribution is 7.92. The van der Waals surface area contributed by atoms with Crippen LogP contribution in [0.4, 0.5) is 11.4 Å². The van der Waals surface area contributed by atoms with E-state index in [0.717, 1.165) is 52.9 Å². The first kappa shape index (κ1) is 24.8. The third kappa shape index (κ3) is 6.35. The quantitative estimate of drug-likeness (QED) is 0.636. The van der Waals surface area contributed by atoms with Crippen LogP contribution in [0.15, 0.2) is 36.4 Å². The molecule has 7 nitrogen and oxygen atoms in total. The molecule has 0 spiro atoms. The minimum atomic E-state index is -3.72. The highest BCUT2D eigenvalue weighted by atomic mass is 32.2. The van der Waals surface area contributed by atoms with Crippen LogP contribution < -0.4 is 14.9 Å². The highest BCUT2D eigenvalue weighted by Gasteiger charge is 2.25. The first-order valence-electron chi connectivity index (χ1n) is 11.3. The van der Waals surface area contributed by atoms with Crippen LogP contribution in [-0.4, -0.2) is 39.1 Å². The Morgan fingerprint density at radius 3 is 2.21 bits per heavy atom. The second-order valence-corrected chi connectivity index (χ2v) is 10.8. The van der Waals surface area contributed by atoms with Crippen molar-refractivity contribution in [2.24, 2.45) is 0 Å². The van der Waals surface area contributed by atoms with Crippen molar-refractivity contribution >= 4 is 33.2 Å². The van der Waals surface area contributed by atoms with E-state index in [-0.39, 0.29) is 18.5 Å². The van der Waals surface area contributed by atoms with Crippen molar-refractivity contribution in [1.29, 1.82) is 0 Å². The zero-order valence-corrected chi connectivity index (χ0v) is 20.6. The summed E-state index contributed by atoms with van der Waals surface area (Å²) in [5.41, 5.74) is 3.80. The number of carbonyl (C=O) groups excluding carboxylic acids is 2. The molecule has 1 fully saturated rings. The molecule has 2 aromatic rings. The van der Waals surface area contributed by atoms with E-state index in [1.807, 2.05) is 32.9 Å². The van der Waals surface area contributed by atoms with Gasteiger partial charge in [-0.1, -0.05) is 49.1 Å². The van der Waals surface area contributed by atoms with Crippen molar-refractivity contribution in [2.45, 2.75) is 58.9 Å². The lowest BCUT2D eigenvalue weighted by Gasteiger charge is -2.26. The number of sulfonamides is 1. The Morgan fingerprint density at radius 2 is 1.61 bits per heavy atom. The fourth-order valence-electron chi connectivity index (χ4n) is 4.55. The van der Waals surface area contributed by atoms with Gasteiger partial charge in [0.1, 0.15) is 6.54 Å². The van der Waals surface area contributed by atoms with Gasteiger partial charge in [0.05, 0.1) is 23.2 Å². The van der Waals surface area contributed by atoms with Gasteiger partial charge in [0, 0.05) is 6.04 Å². The molecule has 2 amide bonds. The topological polar surface area (TPSA) is 95.6 Å². The molecule has 1 aliphatic carbocycles. The maximum Gasteiger partial charge on any atom is 0.253 e. The first-order chi connectivity index (χ1) is 15.6. The van der Waals surface area contributed by atoms with E-state index in [0.29, 0.717) is 16.9 Å². The molecule has 1 aliphatic rings. The van der Waals surface area contributed by atoms with Crippen LogP contribution >= 0.6 is 0 Å². The molecule has 0 unspecified atom stereocenters. The zero-order valence-electron chi connectivity index (χ0n) is 19.8. The van der Waals surface area contributed by atoms with E-state index < -0.39 is 15.9 Å². The molecular weight excluding hydrogens is 438 g/mol. The van der Waals surface area contributed by atoms with Crippen LogP contribution in [0.3, 0.4) is 0 Å². The number of benzene rings is 2. The van der Waals surface area contributed by atoms with Gasteiger partial charge >= 0.3 is 0 Å². The molecule has 0 saturated heterocycles. The van der Waals surface area contributed by atoms with Gasteiger partial charge < -0.3 is 10.6 Å². The lowest BCUT2D eigenvalue weighted by atomic mass is 9.95. The summed E-state index contributed by atoms with van der Waals surface area (Å²) >= 11 is 0. The Hall–Kier alpha value is -2.87. The predicted molar refractivity (Wildman–Crippen MR) is 132 cm³/mol. The van der Waals surface area contributed by atoms with E-state index in [2.05, 4.69) is 10.6 Å². The Bertz CT molecular complexity index is 1120. The molecule has 2 N–H and O–H groups in total. The van der Waals surface area contributed by atoms with Crippen LogP contribution in [-0.2, 0) is 14.8 Å². The Labute approximate surface area is 196 Å². The van der Waals surface area contributed by atoms with Crippen molar-refractivity contribution in [1.82, 2.24) is 5.32 Å². The van der Waals surface area contributed by atoms with Crippen LogP contribution in [0.25, 0.3) is 0 Å². The Morgan fingerprint density at radius 1 is 1.00 bits per heavy atom. The minimum Gasteiger partial charge on any atom is -0.349 e. The number of hydrogen-bond acceptors (Lipinski definition) is 4. The van der Waals surface area contributed by atoms with Crippen LogP contribution in [0, 0.1) is 20.8 Å². The molecule has 3 rings (SSSR count). The second-order valence-electron chi connectivity index (χ2n) is 8.92.